The van der Waals surface area contributed by atoms with Gasteiger partial charge >= 0.3 is 11.9 Å². The second-order valence-electron chi connectivity index (χ2n) is 8.31. The van der Waals surface area contributed by atoms with Gasteiger partial charge in [0.15, 0.2) is 5.96 Å². The molecule has 14 heteroatoms. The third-order valence-electron chi connectivity index (χ3n) is 4.66. The zero-order valence-corrected chi connectivity index (χ0v) is 19.7. The number of hydrogen-bond acceptors (Lipinski definition) is 7. The number of carboxylic acids is 2. The van der Waals surface area contributed by atoms with Crippen LogP contribution in [0.2, 0.25) is 0 Å². The van der Waals surface area contributed by atoms with Crippen LogP contribution in [0.25, 0.3) is 0 Å². The molecule has 0 bridgehead atoms. The van der Waals surface area contributed by atoms with Gasteiger partial charge in [-0.1, -0.05) is 13.8 Å². The van der Waals surface area contributed by atoms with Crippen molar-refractivity contribution in [2.75, 3.05) is 6.54 Å². The summed E-state index contributed by atoms with van der Waals surface area (Å²) in [5, 5.41) is 25.3. The van der Waals surface area contributed by atoms with Gasteiger partial charge < -0.3 is 43.4 Å². The Labute approximate surface area is 198 Å². The lowest BCUT2D eigenvalue weighted by Gasteiger charge is -2.23. The standard InChI is InChI=1S/C20H37N7O7/c1-10(2)9-14(19(33)34)27-16(30)11(3)25-18(32)13(6-7-15(28)29)26-17(31)12(21)5-4-8-24-20(22)23/h10-14H,4-9,21H2,1-3H3,(H,25,32)(H,26,31)(H,27,30)(H,28,29)(H,33,34)(H4,22,23,24). The maximum absolute atomic E-state index is 12.7. The van der Waals surface area contributed by atoms with Crippen molar-refractivity contribution in [1.82, 2.24) is 16.0 Å². The molecule has 0 rings (SSSR count). The minimum atomic E-state index is -1.27. The zero-order chi connectivity index (χ0) is 26.4. The Kier molecular flexibility index (Phi) is 13.9. The monoisotopic (exact) mass is 487 g/mol. The van der Waals surface area contributed by atoms with Gasteiger partial charge in [-0.05, 0) is 38.5 Å². The van der Waals surface area contributed by atoms with E-state index >= 15 is 0 Å². The minimum Gasteiger partial charge on any atom is -0.481 e. The molecule has 0 fully saturated rings. The SMILES string of the molecule is CC(C)CC(NC(=O)C(C)NC(=O)C(CCC(=O)O)NC(=O)C(N)CCCN=C(N)N)C(=O)O. The van der Waals surface area contributed by atoms with Crippen LogP contribution in [0, 0.1) is 5.92 Å². The quantitative estimate of drug-likeness (QED) is 0.0664. The van der Waals surface area contributed by atoms with E-state index in [0.717, 1.165) is 0 Å². The highest BCUT2D eigenvalue weighted by molar-refractivity contribution is 5.94. The van der Waals surface area contributed by atoms with Crippen molar-refractivity contribution in [3.05, 3.63) is 0 Å². The lowest BCUT2D eigenvalue weighted by atomic mass is 10.0. The van der Waals surface area contributed by atoms with Crippen molar-refractivity contribution in [2.24, 2.45) is 28.1 Å². The van der Waals surface area contributed by atoms with E-state index in [0.29, 0.717) is 6.42 Å². The van der Waals surface area contributed by atoms with Crippen molar-refractivity contribution < 1.29 is 34.2 Å². The summed E-state index contributed by atoms with van der Waals surface area (Å²) in [7, 11) is 0. The molecule has 4 atom stereocenters. The summed E-state index contributed by atoms with van der Waals surface area (Å²) in [6.07, 6.45) is 0.138. The first-order valence-corrected chi connectivity index (χ1v) is 10.9. The number of nitrogens with two attached hydrogens (primary N) is 3. The molecule has 194 valence electrons. The van der Waals surface area contributed by atoms with Crippen LogP contribution in [-0.2, 0) is 24.0 Å². The molecule has 0 aliphatic rings. The Hall–Kier alpha value is -3.42. The molecule has 34 heavy (non-hydrogen) atoms. The van der Waals surface area contributed by atoms with Crippen LogP contribution in [0.3, 0.4) is 0 Å². The van der Waals surface area contributed by atoms with Gasteiger partial charge in [-0.2, -0.15) is 0 Å². The molecule has 0 aromatic carbocycles. The van der Waals surface area contributed by atoms with Crippen molar-refractivity contribution >= 4 is 35.6 Å². The molecule has 0 saturated carbocycles. The Morgan fingerprint density at radius 3 is 1.94 bits per heavy atom. The van der Waals surface area contributed by atoms with E-state index in [2.05, 4.69) is 20.9 Å². The van der Waals surface area contributed by atoms with Gasteiger partial charge in [0, 0.05) is 13.0 Å². The summed E-state index contributed by atoms with van der Waals surface area (Å²) in [6, 6.07) is -4.54. The van der Waals surface area contributed by atoms with Crippen LogP contribution >= 0.6 is 0 Å². The number of nitrogens with one attached hydrogen (secondary N) is 3. The summed E-state index contributed by atoms with van der Waals surface area (Å²) in [6.45, 7) is 5.20. The highest BCUT2D eigenvalue weighted by atomic mass is 16.4. The van der Waals surface area contributed by atoms with Gasteiger partial charge in [-0.3, -0.25) is 24.2 Å². The number of nitrogens with zero attached hydrogens (tertiary/aromatic N) is 1. The largest absolute Gasteiger partial charge is 0.481 e. The molecule has 0 spiro atoms. The Morgan fingerprint density at radius 1 is 0.853 bits per heavy atom. The molecule has 3 amide bonds. The minimum absolute atomic E-state index is 0.00517. The highest BCUT2D eigenvalue weighted by Gasteiger charge is 2.28. The maximum Gasteiger partial charge on any atom is 0.326 e. The van der Waals surface area contributed by atoms with Gasteiger partial charge in [0.05, 0.1) is 6.04 Å². The zero-order valence-electron chi connectivity index (χ0n) is 19.7. The van der Waals surface area contributed by atoms with Gasteiger partial charge in [0.1, 0.15) is 18.1 Å². The van der Waals surface area contributed by atoms with Gasteiger partial charge in [0.2, 0.25) is 17.7 Å². The number of aliphatic imine (C=N–C) groups is 1. The second-order valence-corrected chi connectivity index (χ2v) is 8.31. The molecule has 0 aliphatic heterocycles. The van der Waals surface area contributed by atoms with E-state index in [4.69, 9.17) is 22.3 Å². The van der Waals surface area contributed by atoms with Gasteiger partial charge in [0.25, 0.3) is 0 Å². The number of carbonyl (C=O) groups excluding carboxylic acids is 3. The van der Waals surface area contributed by atoms with Crippen LogP contribution in [-0.4, -0.2) is 76.5 Å². The predicted molar refractivity (Wildman–Crippen MR) is 123 cm³/mol. The lowest BCUT2D eigenvalue weighted by Crippen LogP contribution is -2.56. The molecule has 0 heterocycles. The third-order valence-corrected chi connectivity index (χ3v) is 4.66. The summed E-state index contributed by atoms with van der Waals surface area (Å²) >= 11 is 0. The summed E-state index contributed by atoms with van der Waals surface area (Å²) in [5.74, 6) is -4.71. The molecule has 0 aromatic rings. The van der Waals surface area contributed by atoms with Crippen LogP contribution < -0.4 is 33.2 Å². The highest BCUT2D eigenvalue weighted by Crippen LogP contribution is 2.06. The van der Waals surface area contributed by atoms with E-state index in [9.17, 15) is 29.1 Å². The first-order valence-electron chi connectivity index (χ1n) is 10.9. The molecule has 11 N–H and O–H groups in total. The number of guanidine groups is 1. The van der Waals surface area contributed by atoms with E-state index in [1.165, 1.54) is 6.92 Å². The fourth-order valence-corrected chi connectivity index (χ4v) is 2.83. The maximum atomic E-state index is 12.7. The third kappa shape index (κ3) is 13.2. The lowest BCUT2D eigenvalue weighted by molar-refractivity contribution is -0.142. The molecular weight excluding hydrogens is 450 g/mol. The molecule has 14 nitrogen and oxygen atoms in total. The predicted octanol–water partition coefficient (Wildman–Crippen LogP) is -2.16. The van der Waals surface area contributed by atoms with E-state index in [1.807, 2.05) is 0 Å². The van der Waals surface area contributed by atoms with Crippen LogP contribution in [0.15, 0.2) is 4.99 Å². The topological polar surface area (TPSA) is 252 Å². The molecular formula is C20H37N7O7. The summed E-state index contributed by atoms with van der Waals surface area (Å²) in [4.78, 5) is 63.5. The normalized spacial score (nSPS) is 14.3. The molecule has 0 aliphatic carbocycles. The van der Waals surface area contributed by atoms with Crippen molar-refractivity contribution in [3.8, 4) is 0 Å². The van der Waals surface area contributed by atoms with E-state index in [-0.39, 0.29) is 37.7 Å². The molecule has 4 unspecified atom stereocenters. The fourth-order valence-electron chi connectivity index (χ4n) is 2.83. The smallest absolute Gasteiger partial charge is 0.326 e. The Balaban J connectivity index is 5.08. The number of amides is 3. The second kappa shape index (κ2) is 15.4. The average Bonchev–Trinajstić information content (AvgIpc) is 2.72. The molecule has 0 aromatic heterocycles. The van der Waals surface area contributed by atoms with Crippen molar-refractivity contribution in [1.29, 1.82) is 0 Å². The fraction of sp³-hybridized carbons (Fsp3) is 0.700. The first-order chi connectivity index (χ1) is 15.7. The van der Waals surface area contributed by atoms with E-state index < -0.39 is 60.2 Å². The van der Waals surface area contributed by atoms with Gasteiger partial charge in [-0.15, -0.1) is 0 Å². The van der Waals surface area contributed by atoms with Crippen molar-refractivity contribution in [3.63, 3.8) is 0 Å². The molecule has 0 saturated heterocycles. The first kappa shape index (κ1) is 30.6. The van der Waals surface area contributed by atoms with Crippen LogP contribution in [0.1, 0.15) is 52.9 Å². The van der Waals surface area contributed by atoms with Gasteiger partial charge in [-0.25, -0.2) is 4.79 Å². The Morgan fingerprint density at radius 2 is 1.44 bits per heavy atom. The van der Waals surface area contributed by atoms with Crippen LogP contribution in [0.5, 0.6) is 0 Å². The number of hydrogen-bond donors (Lipinski definition) is 8. The number of rotatable bonds is 16. The molecule has 0 radical (unpaired) electrons. The number of aliphatic carboxylic acids is 2. The summed E-state index contributed by atoms with van der Waals surface area (Å²) < 4.78 is 0. The average molecular weight is 488 g/mol. The van der Waals surface area contributed by atoms with Crippen LogP contribution in [0.4, 0.5) is 0 Å². The summed E-state index contributed by atoms with van der Waals surface area (Å²) in [5.41, 5.74) is 16.3. The van der Waals surface area contributed by atoms with E-state index in [1.54, 1.807) is 13.8 Å². The number of carbonyl (C=O) groups is 5. The number of carboxylic acid groups (broad SMARTS) is 2. The Bertz CT molecular complexity index is 754. The van der Waals surface area contributed by atoms with Crippen molar-refractivity contribution in [2.45, 2.75) is 77.0 Å².